The minimum Gasteiger partial charge on any atom is -0.299 e. The second-order valence-electron chi connectivity index (χ2n) is 6.44. The van der Waals surface area contributed by atoms with E-state index in [1.165, 1.54) is 23.1 Å². The maximum atomic E-state index is 13.6. The van der Waals surface area contributed by atoms with Crippen molar-refractivity contribution < 1.29 is 4.79 Å². The van der Waals surface area contributed by atoms with E-state index in [4.69, 9.17) is 4.98 Å². The third-order valence-electron chi connectivity index (χ3n) is 4.35. The maximum Gasteiger partial charge on any atom is 0.268 e. The largest absolute Gasteiger partial charge is 0.299 e. The minimum atomic E-state index is -0.106. The number of aromatic nitrogens is 2. The zero-order valence-corrected chi connectivity index (χ0v) is 17.1. The van der Waals surface area contributed by atoms with Crippen LogP contribution in [0.25, 0.3) is 27.0 Å². The highest BCUT2D eigenvalue weighted by Crippen LogP contribution is 2.36. The van der Waals surface area contributed by atoms with Crippen molar-refractivity contribution in [3.05, 3.63) is 75.9 Å². The van der Waals surface area contributed by atoms with Gasteiger partial charge in [-0.25, -0.2) is 4.98 Å². The summed E-state index contributed by atoms with van der Waals surface area (Å²) in [5, 5.41) is 1.17. The molecule has 0 aliphatic carbocycles. The highest BCUT2D eigenvalue weighted by atomic mass is 32.2. The highest BCUT2D eigenvalue weighted by Gasteiger charge is 2.20. The number of Topliss-reactive ketones (excluding diaryl/α,β-unsaturated/α-hetero) is 1. The Morgan fingerprint density at radius 1 is 1.07 bits per heavy atom. The lowest BCUT2D eigenvalue weighted by molar-refractivity contribution is -0.114. The molecule has 0 N–H and O–H groups in total. The van der Waals surface area contributed by atoms with Crippen LogP contribution in [0.5, 0.6) is 0 Å². The van der Waals surface area contributed by atoms with E-state index in [1.807, 2.05) is 67.6 Å². The molecule has 6 heteroatoms. The van der Waals surface area contributed by atoms with E-state index in [0.717, 1.165) is 21.7 Å². The minimum absolute atomic E-state index is 0.0475. The zero-order chi connectivity index (χ0) is 19.7. The summed E-state index contributed by atoms with van der Waals surface area (Å²) in [6.07, 6.45) is 0. The molecule has 0 saturated carbocycles. The van der Waals surface area contributed by atoms with E-state index < -0.39 is 0 Å². The summed E-state index contributed by atoms with van der Waals surface area (Å²) >= 11 is 2.82. The first-order valence-electron chi connectivity index (χ1n) is 8.85. The van der Waals surface area contributed by atoms with E-state index in [-0.39, 0.29) is 17.1 Å². The number of nitrogens with zero attached hydrogens (tertiary/aromatic N) is 2. The van der Waals surface area contributed by atoms with Crippen molar-refractivity contribution in [2.45, 2.75) is 19.0 Å². The van der Waals surface area contributed by atoms with Crippen LogP contribution in [0.1, 0.15) is 11.8 Å². The summed E-state index contributed by atoms with van der Waals surface area (Å²) in [6, 6.07) is 19.4. The lowest BCUT2D eigenvalue weighted by Crippen LogP contribution is -2.21. The molecule has 140 valence electrons. The SMILES string of the molecule is CC(=O)CSc1nc2sc(C)c(-c3ccccc3)c2c(=O)n1-c1ccccc1. The molecular weight excluding hydrogens is 388 g/mol. The number of para-hydroxylation sites is 1. The molecule has 2 aromatic heterocycles. The number of rotatable bonds is 5. The molecule has 2 heterocycles. The molecule has 4 nitrogen and oxygen atoms in total. The summed E-state index contributed by atoms with van der Waals surface area (Å²) in [5.41, 5.74) is 2.58. The molecule has 0 atom stereocenters. The number of ketones is 1. The first kappa shape index (κ1) is 18.7. The Balaban J connectivity index is 2.04. The summed E-state index contributed by atoms with van der Waals surface area (Å²) < 4.78 is 1.62. The lowest BCUT2D eigenvalue weighted by atomic mass is 10.0. The van der Waals surface area contributed by atoms with E-state index in [9.17, 15) is 9.59 Å². The van der Waals surface area contributed by atoms with E-state index in [1.54, 1.807) is 11.5 Å². The molecule has 0 radical (unpaired) electrons. The van der Waals surface area contributed by atoms with Crippen LogP contribution in [0, 0.1) is 6.92 Å². The van der Waals surface area contributed by atoms with Gasteiger partial charge in [0.25, 0.3) is 5.56 Å². The van der Waals surface area contributed by atoms with E-state index in [0.29, 0.717) is 15.4 Å². The number of fused-ring (bicyclic) bond motifs is 1. The molecule has 2 aromatic carbocycles. The fourth-order valence-corrected chi connectivity index (χ4v) is 5.06. The molecule has 4 aromatic rings. The number of carbonyl (C=O) groups is 1. The summed E-state index contributed by atoms with van der Waals surface area (Å²) in [7, 11) is 0. The van der Waals surface area contributed by atoms with Crippen molar-refractivity contribution in [3.8, 4) is 16.8 Å². The van der Waals surface area contributed by atoms with Crippen molar-refractivity contribution in [3.63, 3.8) is 0 Å². The molecule has 0 aliphatic heterocycles. The normalized spacial score (nSPS) is 11.1. The fraction of sp³-hybridized carbons (Fsp3) is 0.136. The average molecular weight is 407 g/mol. The third-order valence-corrected chi connectivity index (χ3v) is 6.43. The Kier molecular flexibility index (Phi) is 5.15. The quantitative estimate of drug-likeness (QED) is 0.342. The summed E-state index contributed by atoms with van der Waals surface area (Å²) in [5.74, 6) is 0.326. The molecule has 0 unspecified atom stereocenters. The van der Waals surface area contributed by atoms with Gasteiger partial charge in [0.1, 0.15) is 10.6 Å². The van der Waals surface area contributed by atoms with Crippen LogP contribution in [0.4, 0.5) is 0 Å². The zero-order valence-electron chi connectivity index (χ0n) is 15.5. The Bertz CT molecular complexity index is 1210. The predicted molar refractivity (Wildman–Crippen MR) is 117 cm³/mol. The second-order valence-corrected chi connectivity index (χ2v) is 8.59. The fourth-order valence-electron chi connectivity index (χ4n) is 3.16. The van der Waals surface area contributed by atoms with Gasteiger partial charge in [0.15, 0.2) is 5.16 Å². The van der Waals surface area contributed by atoms with Gasteiger partial charge in [-0.1, -0.05) is 60.3 Å². The summed E-state index contributed by atoms with van der Waals surface area (Å²) in [4.78, 5) is 31.7. The molecule has 0 fully saturated rings. The van der Waals surface area contributed by atoms with Gasteiger partial charge in [0.05, 0.1) is 16.8 Å². The Hall–Kier alpha value is -2.70. The maximum absolute atomic E-state index is 13.6. The van der Waals surface area contributed by atoms with E-state index >= 15 is 0 Å². The van der Waals surface area contributed by atoms with Gasteiger partial charge in [-0.2, -0.15) is 0 Å². The number of benzene rings is 2. The highest BCUT2D eigenvalue weighted by molar-refractivity contribution is 7.99. The number of thioether (sulfide) groups is 1. The molecule has 0 bridgehead atoms. The number of carbonyl (C=O) groups excluding carboxylic acids is 1. The van der Waals surface area contributed by atoms with Crippen molar-refractivity contribution in [2.24, 2.45) is 0 Å². The van der Waals surface area contributed by atoms with Crippen molar-refractivity contribution in [1.82, 2.24) is 9.55 Å². The van der Waals surface area contributed by atoms with Gasteiger partial charge in [-0.3, -0.25) is 14.2 Å². The number of thiophene rings is 1. The van der Waals surface area contributed by atoms with Crippen LogP contribution in [0.3, 0.4) is 0 Å². The second kappa shape index (κ2) is 7.73. The van der Waals surface area contributed by atoms with Gasteiger partial charge in [0.2, 0.25) is 0 Å². The molecule has 0 aliphatic rings. The first-order chi connectivity index (χ1) is 13.6. The average Bonchev–Trinajstić information content (AvgIpc) is 3.04. The van der Waals surface area contributed by atoms with Crippen LogP contribution in [-0.2, 0) is 4.79 Å². The van der Waals surface area contributed by atoms with E-state index in [2.05, 4.69) is 0 Å². The topological polar surface area (TPSA) is 52.0 Å². The van der Waals surface area contributed by atoms with Crippen LogP contribution >= 0.6 is 23.1 Å². The molecule has 0 saturated heterocycles. The molecule has 0 spiro atoms. The van der Waals surface area contributed by atoms with Gasteiger partial charge in [0, 0.05) is 10.4 Å². The Morgan fingerprint density at radius 2 is 1.71 bits per heavy atom. The van der Waals surface area contributed by atoms with Crippen LogP contribution in [0.15, 0.2) is 70.6 Å². The molecular formula is C22H18N2O2S2. The first-order valence-corrected chi connectivity index (χ1v) is 10.7. The Labute approximate surface area is 170 Å². The molecule has 0 amide bonds. The molecule has 28 heavy (non-hydrogen) atoms. The van der Waals surface area contributed by atoms with Gasteiger partial charge in [-0.15, -0.1) is 11.3 Å². The van der Waals surface area contributed by atoms with Crippen LogP contribution in [-0.4, -0.2) is 21.1 Å². The van der Waals surface area contributed by atoms with Gasteiger partial charge < -0.3 is 0 Å². The van der Waals surface area contributed by atoms with Crippen molar-refractivity contribution in [2.75, 3.05) is 5.75 Å². The number of hydrogen-bond acceptors (Lipinski definition) is 5. The number of hydrogen-bond donors (Lipinski definition) is 0. The number of aryl methyl sites for hydroxylation is 1. The molecule has 4 rings (SSSR count). The standard InChI is InChI=1S/C22H18N2O2S2/c1-14(25)13-27-22-23-20-19(21(26)24(22)17-11-7-4-8-12-17)18(15(2)28-20)16-9-5-3-6-10-16/h3-12H,13H2,1-2H3. The lowest BCUT2D eigenvalue weighted by Gasteiger charge is -2.12. The van der Waals surface area contributed by atoms with Crippen molar-refractivity contribution in [1.29, 1.82) is 0 Å². The third kappa shape index (κ3) is 3.41. The summed E-state index contributed by atoms with van der Waals surface area (Å²) in [6.45, 7) is 3.56. The van der Waals surface area contributed by atoms with Gasteiger partial charge >= 0.3 is 0 Å². The van der Waals surface area contributed by atoms with Crippen LogP contribution in [0.2, 0.25) is 0 Å². The predicted octanol–water partition coefficient (Wildman–Crippen LogP) is 5.10. The van der Waals surface area contributed by atoms with Crippen molar-refractivity contribution >= 4 is 39.1 Å². The monoisotopic (exact) mass is 406 g/mol. The van der Waals surface area contributed by atoms with Crippen LogP contribution < -0.4 is 5.56 Å². The van der Waals surface area contributed by atoms with Gasteiger partial charge in [-0.05, 0) is 31.5 Å². The Morgan fingerprint density at radius 3 is 2.36 bits per heavy atom. The smallest absolute Gasteiger partial charge is 0.268 e.